The van der Waals surface area contributed by atoms with Gasteiger partial charge in [0.1, 0.15) is 6.33 Å². The van der Waals surface area contributed by atoms with Gasteiger partial charge in [0.15, 0.2) is 0 Å². The molecule has 0 atom stereocenters. The summed E-state index contributed by atoms with van der Waals surface area (Å²) in [6, 6.07) is 18.7. The Balaban J connectivity index is 1.37. The number of thioether (sulfide) groups is 1. The second kappa shape index (κ2) is 9.54. The van der Waals surface area contributed by atoms with E-state index < -0.39 is 6.03 Å². The van der Waals surface area contributed by atoms with Crippen LogP contribution < -0.4 is 10.6 Å². The van der Waals surface area contributed by atoms with Gasteiger partial charge < -0.3 is 5.32 Å². The Morgan fingerprint density at radius 3 is 2.44 bits per heavy atom. The highest BCUT2D eigenvalue weighted by molar-refractivity contribution is 7.99. The topological polar surface area (TPSA) is 88.9 Å². The number of imide groups is 1. The molecule has 0 aliphatic rings. The zero-order valence-corrected chi connectivity index (χ0v) is 15.4. The number of hydrogen-bond donors (Lipinski definition) is 2. The fourth-order valence-corrected chi connectivity index (χ4v) is 3.00. The fourth-order valence-electron chi connectivity index (χ4n) is 2.27. The zero-order chi connectivity index (χ0) is 18.9. The van der Waals surface area contributed by atoms with Crippen molar-refractivity contribution in [1.82, 2.24) is 25.4 Å². The van der Waals surface area contributed by atoms with Crippen LogP contribution in [-0.4, -0.2) is 32.5 Å². The molecular weight excluding hydrogens is 362 g/mol. The maximum atomic E-state index is 11.9. The molecule has 0 radical (unpaired) electrons. The Labute approximate surface area is 161 Å². The van der Waals surface area contributed by atoms with Crippen molar-refractivity contribution in [3.63, 3.8) is 0 Å². The number of benzene rings is 2. The molecular formula is C19H19N5O2S. The highest BCUT2D eigenvalue weighted by atomic mass is 32.2. The first-order chi connectivity index (χ1) is 13.2. The van der Waals surface area contributed by atoms with E-state index in [1.54, 1.807) is 11.0 Å². The lowest BCUT2D eigenvalue weighted by atomic mass is 10.2. The largest absolute Gasteiger partial charge is 0.334 e. The van der Waals surface area contributed by atoms with E-state index in [0.29, 0.717) is 17.5 Å². The van der Waals surface area contributed by atoms with Crippen LogP contribution >= 0.6 is 11.8 Å². The lowest BCUT2D eigenvalue weighted by molar-refractivity contribution is -0.119. The molecule has 0 saturated carbocycles. The third-order valence-corrected chi connectivity index (χ3v) is 4.45. The molecule has 7 nitrogen and oxygen atoms in total. The van der Waals surface area contributed by atoms with Crippen molar-refractivity contribution in [1.29, 1.82) is 0 Å². The predicted octanol–water partition coefficient (Wildman–Crippen LogP) is 2.78. The van der Waals surface area contributed by atoms with E-state index in [9.17, 15) is 9.59 Å². The first kappa shape index (κ1) is 18.7. The van der Waals surface area contributed by atoms with Gasteiger partial charge in [-0.2, -0.15) is 0 Å². The van der Waals surface area contributed by atoms with E-state index in [1.807, 2.05) is 60.7 Å². The predicted molar refractivity (Wildman–Crippen MR) is 104 cm³/mol. The zero-order valence-electron chi connectivity index (χ0n) is 14.5. The van der Waals surface area contributed by atoms with Crippen LogP contribution in [0.15, 0.2) is 72.1 Å². The summed E-state index contributed by atoms with van der Waals surface area (Å²) in [5.74, 6) is 0.145. The summed E-state index contributed by atoms with van der Waals surface area (Å²) in [4.78, 5) is 27.8. The molecule has 0 aliphatic heterocycles. The highest BCUT2D eigenvalue weighted by Gasteiger charge is 2.09. The summed E-state index contributed by atoms with van der Waals surface area (Å²) >= 11 is 1.37. The minimum absolute atomic E-state index is 0.198. The van der Waals surface area contributed by atoms with Gasteiger partial charge in [0, 0.05) is 18.7 Å². The van der Waals surface area contributed by atoms with Crippen LogP contribution in [-0.2, 0) is 11.3 Å². The SMILES string of the molecule is O=C(CCSc1ncn(-c2ccccc2)n1)NC(=O)NCc1ccccc1. The van der Waals surface area contributed by atoms with Gasteiger partial charge in [0.25, 0.3) is 0 Å². The van der Waals surface area contributed by atoms with Gasteiger partial charge in [-0.3, -0.25) is 10.1 Å². The number of urea groups is 1. The highest BCUT2D eigenvalue weighted by Crippen LogP contribution is 2.14. The van der Waals surface area contributed by atoms with Crippen molar-refractivity contribution < 1.29 is 9.59 Å². The monoisotopic (exact) mass is 381 g/mol. The molecule has 0 bridgehead atoms. The molecule has 0 unspecified atom stereocenters. The van der Waals surface area contributed by atoms with Crippen LogP contribution in [0, 0.1) is 0 Å². The Morgan fingerprint density at radius 2 is 1.70 bits per heavy atom. The average molecular weight is 381 g/mol. The van der Waals surface area contributed by atoms with E-state index in [-0.39, 0.29) is 12.3 Å². The Kier molecular flexibility index (Phi) is 6.59. The summed E-state index contributed by atoms with van der Waals surface area (Å²) in [6.45, 7) is 0.371. The van der Waals surface area contributed by atoms with Gasteiger partial charge in [-0.1, -0.05) is 60.3 Å². The van der Waals surface area contributed by atoms with Crippen LogP contribution in [0.3, 0.4) is 0 Å². The number of hydrogen-bond acceptors (Lipinski definition) is 5. The number of nitrogens with one attached hydrogen (secondary N) is 2. The van der Waals surface area contributed by atoms with E-state index in [2.05, 4.69) is 20.7 Å². The van der Waals surface area contributed by atoms with Crippen molar-refractivity contribution in [2.24, 2.45) is 0 Å². The average Bonchev–Trinajstić information content (AvgIpc) is 3.17. The summed E-state index contributed by atoms with van der Waals surface area (Å²) in [7, 11) is 0. The Bertz CT molecular complexity index is 883. The molecule has 1 heterocycles. The van der Waals surface area contributed by atoms with Crippen molar-refractivity contribution in [3.8, 4) is 5.69 Å². The first-order valence-corrected chi connectivity index (χ1v) is 9.41. The van der Waals surface area contributed by atoms with Crippen LogP contribution in [0.2, 0.25) is 0 Å². The van der Waals surface area contributed by atoms with Gasteiger partial charge >= 0.3 is 6.03 Å². The normalized spacial score (nSPS) is 10.4. The fraction of sp³-hybridized carbons (Fsp3) is 0.158. The second-order valence-corrected chi connectivity index (χ2v) is 6.68. The maximum absolute atomic E-state index is 11.9. The first-order valence-electron chi connectivity index (χ1n) is 8.42. The number of aromatic nitrogens is 3. The summed E-state index contributed by atoms with van der Waals surface area (Å²) in [6.07, 6.45) is 1.83. The molecule has 3 aromatic rings. The van der Waals surface area contributed by atoms with E-state index in [1.165, 1.54) is 11.8 Å². The number of para-hydroxylation sites is 1. The van der Waals surface area contributed by atoms with E-state index in [4.69, 9.17) is 0 Å². The van der Waals surface area contributed by atoms with Crippen molar-refractivity contribution in [3.05, 3.63) is 72.6 Å². The van der Waals surface area contributed by atoms with Crippen LogP contribution in [0.1, 0.15) is 12.0 Å². The maximum Gasteiger partial charge on any atom is 0.321 e. The summed E-state index contributed by atoms with van der Waals surface area (Å²) in [5, 5.41) is 9.92. The van der Waals surface area contributed by atoms with Gasteiger partial charge in [-0.05, 0) is 17.7 Å². The molecule has 2 N–H and O–H groups in total. The minimum Gasteiger partial charge on any atom is -0.334 e. The van der Waals surface area contributed by atoms with Gasteiger partial charge in [-0.25, -0.2) is 14.5 Å². The number of rotatable bonds is 7. The summed E-state index contributed by atoms with van der Waals surface area (Å²) < 4.78 is 1.68. The lowest BCUT2D eigenvalue weighted by Gasteiger charge is -2.06. The molecule has 138 valence electrons. The third kappa shape index (κ3) is 5.96. The quantitative estimate of drug-likeness (QED) is 0.615. The van der Waals surface area contributed by atoms with E-state index >= 15 is 0 Å². The number of carbonyl (C=O) groups is 2. The minimum atomic E-state index is -0.500. The number of carbonyl (C=O) groups excluding carboxylic acids is 2. The number of nitrogens with zero attached hydrogens (tertiary/aromatic N) is 3. The molecule has 27 heavy (non-hydrogen) atoms. The Morgan fingerprint density at radius 1 is 1.00 bits per heavy atom. The van der Waals surface area contributed by atoms with Crippen LogP contribution in [0.4, 0.5) is 4.79 Å². The van der Waals surface area contributed by atoms with Crippen LogP contribution in [0.25, 0.3) is 5.69 Å². The molecule has 0 spiro atoms. The molecule has 3 rings (SSSR count). The smallest absolute Gasteiger partial charge is 0.321 e. The molecule has 0 fully saturated rings. The molecule has 1 aromatic heterocycles. The van der Waals surface area contributed by atoms with Gasteiger partial charge in [-0.15, -0.1) is 5.10 Å². The van der Waals surface area contributed by atoms with Crippen LogP contribution in [0.5, 0.6) is 0 Å². The molecule has 0 saturated heterocycles. The van der Waals surface area contributed by atoms with Crippen molar-refractivity contribution in [2.75, 3.05) is 5.75 Å². The molecule has 3 amide bonds. The molecule has 8 heteroatoms. The van der Waals surface area contributed by atoms with Gasteiger partial charge in [0.2, 0.25) is 11.1 Å². The third-order valence-electron chi connectivity index (χ3n) is 3.60. The van der Waals surface area contributed by atoms with Gasteiger partial charge in [0.05, 0.1) is 5.69 Å². The lowest BCUT2D eigenvalue weighted by Crippen LogP contribution is -2.39. The number of amides is 3. The standard InChI is InChI=1S/C19H19N5O2S/c25-17(22-18(26)20-13-15-7-3-1-4-8-15)11-12-27-19-21-14-24(23-19)16-9-5-2-6-10-16/h1-10,14H,11-13H2,(H2,20,22,25,26). The summed E-state index contributed by atoms with van der Waals surface area (Å²) in [5.41, 5.74) is 1.89. The van der Waals surface area contributed by atoms with E-state index in [0.717, 1.165) is 11.3 Å². The van der Waals surface area contributed by atoms with Crippen molar-refractivity contribution >= 4 is 23.7 Å². The molecule has 0 aliphatic carbocycles. The molecule has 2 aromatic carbocycles. The van der Waals surface area contributed by atoms with Crippen molar-refractivity contribution in [2.45, 2.75) is 18.1 Å². The second-order valence-electron chi connectivity index (χ2n) is 5.62. The Hall–Kier alpha value is -3.13.